The fraction of sp³-hybridized carbons (Fsp3) is 0.800. The minimum absolute atomic E-state index is 0.341. The summed E-state index contributed by atoms with van der Waals surface area (Å²) in [4.78, 5) is 0. The minimum Gasteiger partial charge on any atom is -0.387 e. The van der Waals surface area contributed by atoms with Gasteiger partial charge in [-0.2, -0.15) is 5.10 Å². The Bertz CT molecular complexity index is 408. The molecule has 0 bridgehead atoms. The molecular weight excluding hydrogens is 238 g/mol. The maximum absolute atomic E-state index is 10.2. The summed E-state index contributed by atoms with van der Waals surface area (Å²) in [5, 5.41) is 17.8. The van der Waals surface area contributed by atoms with Crippen LogP contribution in [0.5, 0.6) is 0 Å². The number of aliphatic hydroxyl groups excluding tert-OH is 1. The average Bonchev–Trinajstić information content (AvgIpc) is 2.93. The van der Waals surface area contributed by atoms with E-state index in [0.29, 0.717) is 23.9 Å². The van der Waals surface area contributed by atoms with Gasteiger partial charge < -0.3 is 10.4 Å². The van der Waals surface area contributed by atoms with Gasteiger partial charge in [-0.25, -0.2) is 0 Å². The molecule has 1 saturated carbocycles. The molecule has 3 atom stereocenters. The maximum atomic E-state index is 10.2. The SMILES string of the molecule is Cn1cc(C(O)CNC2CCCC2C(C)(C)C)cn1. The molecule has 4 heteroatoms. The van der Waals surface area contributed by atoms with Gasteiger partial charge in [-0.3, -0.25) is 4.68 Å². The lowest BCUT2D eigenvalue weighted by molar-refractivity contribution is 0.149. The smallest absolute Gasteiger partial charge is 0.0944 e. The summed E-state index contributed by atoms with van der Waals surface area (Å²) in [6.07, 6.45) is 6.97. The van der Waals surface area contributed by atoms with Gasteiger partial charge >= 0.3 is 0 Å². The Labute approximate surface area is 116 Å². The molecule has 0 radical (unpaired) electrons. The van der Waals surface area contributed by atoms with Gasteiger partial charge in [0.2, 0.25) is 0 Å². The highest BCUT2D eigenvalue weighted by Crippen LogP contribution is 2.39. The van der Waals surface area contributed by atoms with Crippen LogP contribution in [0.2, 0.25) is 0 Å². The zero-order valence-corrected chi connectivity index (χ0v) is 12.6. The molecule has 0 spiro atoms. The van der Waals surface area contributed by atoms with Crippen LogP contribution < -0.4 is 5.32 Å². The van der Waals surface area contributed by atoms with Crippen LogP contribution in [0.4, 0.5) is 0 Å². The van der Waals surface area contributed by atoms with E-state index in [-0.39, 0.29) is 0 Å². The number of aromatic nitrogens is 2. The average molecular weight is 265 g/mol. The fourth-order valence-corrected chi connectivity index (χ4v) is 3.23. The zero-order valence-electron chi connectivity index (χ0n) is 12.6. The highest BCUT2D eigenvalue weighted by Gasteiger charge is 2.35. The summed E-state index contributed by atoms with van der Waals surface area (Å²) in [6, 6.07) is 0.534. The van der Waals surface area contributed by atoms with E-state index in [9.17, 15) is 5.11 Å². The second-order valence-electron chi connectivity index (χ2n) is 6.88. The topological polar surface area (TPSA) is 50.1 Å². The second kappa shape index (κ2) is 5.63. The molecule has 0 amide bonds. The van der Waals surface area contributed by atoms with E-state index in [4.69, 9.17) is 0 Å². The number of rotatable bonds is 4. The molecular formula is C15H27N3O. The summed E-state index contributed by atoms with van der Waals surface area (Å²) >= 11 is 0. The van der Waals surface area contributed by atoms with Crippen molar-refractivity contribution in [3.63, 3.8) is 0 Å². The van der Waals surface area contributed by atoms with Crippen LogP contribution in [0.1, 0.15) is 51.7 Å². The summed E-state index contributed by atoms with van der Waals surface area (Å²) in [6.45, 7) is 7.56. The van der Waals surface area contributed by atoms with Crippen LogP contribution in [-0.4, -0.2) is 27.5 Å². The third-order valence-corrected chi connectivity index (χ3v) is 4.31. The molecule has 1 aromatic rings. The van der Waals surface area contributed by atoms with Crippen LogP contribution in [0.3, 0.4) is 0 Å². The van der Waals surface area contributed by atoms with Crippen molar-refractivity contribution >= 4 is 0 Å². The number of nitrogens with zero attached hydrogens (tertiary/aromatic N) is 2. The van der Waals surface area contributed by atoms with Crippen LogP contribution in [-0.2, 0) is 7.05 Å². The Hall–Kier alpha value is -0.870. The molecule has 1 aliphatic rings. The van der Waals surface area contributed by atoms with Crippen molar-refractivity contribution in [1.82, 2.24) is 15.1 Å². The number of hydrogen-bond donors (Lipinski definition) is 2. The van der Waals surface area contributed by atoms with Gasteiger partial charge in [0.25, 0.3) is 0 Å². The predicted molar refractivity (Wildman–Crippen MR) is 76.8 cm³/mol. The van der Waals surface area contributed by atoms with E-state index in [0.717, 1.165) is 5.56 Å². The number of nitrogens with one attached hydrogen (secondary N) is 1. The predicted octanol–water partition coefficient (Wildman–Crippen LogP) is 2.26. The first-order chi connectivity index (χ1) is 8.88. The molecule has 19 heavy (non-hydrogen) atoms. The highest BCUT2D eigenvalue weighted by molar-refractivity contribution is 5.08. The van der Waals surface area contributed by atoms with E-state index in [1.165, 1.54) is 19.3 Å². The molecule has 0 aliphatic heterocycles. The molecule has 2 rings (SSSR count). The summed E-state index contributed by atoms with van der Waals surface area (Å²) < 4.78 is 1.73. The van der Waals surface area contributed by atoms with Crippen molar-refractivity contribution in [2.45, 2.75) is 52.2 Å². The third kappa shape index (κ3) is 3.57. The monoisotopic (exact) mass is 265 g/mol. The summed E-state index contributed by atoms with van der Waals surface area (Å²) in [5.41, 5.74) is 1.23. The van der Waals surface area contributed by atoms with Gasteiger partial charge in [-0.15, -0.1) is 0 Å². The lowest BCUT2D eigenvalue weighted by atomic mass is 9.77. The molecule has 1 heterocycles. The van der Waals surface area contributed by atoms with Crippen molar-refractivity contribution in [2.24, 2.45) is 18.4 Å². The fourth-order valence-electron chi connectivity index (χ4n) is 3.23. The van der Waals surface area contributed by atoms with Crippen LogP contribution >= 0.6 is 0 Å². The molecule has 3 unspecified atom stereocenters. The Kier molecular flexibility index (Phi) is 4.31. The van der Waals surface area contributed by atoms with Gasteiger partial charge in [0.1, 0.15) is 0 Å². The molecule has 0 aromatic carbocycles. The highest BCUT2D eigenvalue weighted by atomic mass is 16.3. The van der Waals surface area contributed by atoms with Gasteiger partial charge in [-0.1, -0.05) is 27.2 Å². The molecule has 108 valence electrons. The number of hydrogen-bond acceptors (Lipinski definition) is 3. The van der Waals surface area contributed by atoms with E-state index in [2.05, 4.69) is 31.2 Å². The molecule has 2 N–H and O–H groups in total. The standard InChI is InChI=1S/C15H27N3O/c1-15(2,3)12-6-5-7-13(12)16-9-14(19)11-8-17-18(4)10-11/h8,10,12-14,16,19H,5-7,9H2,1-4H3. The van der Waals surface area contributed by atoms with Crippen molar-refractivity contribution in [3.8, 4) is 0 Å². The van der Waals surface area contributed by atoms with Crippen LogP contribution in [0, 0.1) is 11.3 Å². The van der Waals surface area contributed by atoms with E-state index in [1.54, 1.807) is 10.9 Å². The quantitative estimate of drug-likeness (QED) is 0.878. The first-order valence-corrected chi connectivity index (χ1v) is 7.28. The molecule has 1 fully saturated rings. The first-order valence-electron chi connectivity index (χ1n) is 7.28. The van der Waals surface area contributed by atoms with E-state index < -0.39 is 6.10 Å². The Morgan fingerprint density at radius 3 is 2.79 bits per heavy atom. The normalized spacial score (nSPS) is 25.7. The lowest BCUT2D eigenvalue weighted by Crippen LogP contribution is -2.40. The largest absolute Gasteiger partial charge is 0.387 e. The molecule has 1 aromatic heterocycles. The van der Waals surface area contributed by atoms with Crippen LogP contribution in [0.25, 0.3) is 0 Å². The van der Waals surface area contributed by atoms with Gasteiger partial charge in [-0.05, 0) is 24.2 Å². The Balaban J connectivity index is 1.88. The third-order valence-electron chi connectivity index (χ3n) is 4.31. The molecule has 0 saturated heterocycles. The zero-order chi connectivity index (χ0) is 14.0. The Morgan fingerprint density at radius 1 is 1.47 bits per heavy atom. The first kappa shape index (κ1) is 14.5. The number of aryl methyl sites for hydroxylation is 1. The van der Waals surface area contributed by atoms with Gasteiger partial charge in [0, 0.05) is 31.4 Å². The van der Waals surface area contributed by atoms with E-state index >= 15 is 0 Å². The second-order valence-corrected chi connectivity index (χ2v) is 6.88. The Morgan fingerprint density at radius 2 is 2.21 bits per heavy atom. The van der Waals surface area contributed by atoms with Crippen molar-refractivity contribution in [2.75, 3.05) is 6.54 Å². The van der Waals surface area contributed by atoms with Crippen molar-refractivity contribution < 1.29 is 5.11 Å². The van der Waals surface area contributed by atoms with E-state index in [1.807, 2.05) is 13.2 Å². The van der Waals surface area contributed by atoms with Gasteiger partial charge in [0.15, 0.2) is 0 Å². The molecule has 1 aliphatic carbocycles. The lowest BCUT2D eigenvalue weighted by Gasteiger charge is -2.33. The van der Waals surface area contributed by atoms with Gasteiger partial charge in [0.05, 0.1) is 12.3 Å². The van der Waals surface area contributed by atoms with Crippen molar-refractivity contribution in [1.29, 1.82) is 0 Å². The summed E-state index contributed by atoms with van der Waals surface area (Å²) in [7, 11) is 1.87. The molecule has 4 nitrogen and oxygen atoms in total. The summed E-state index contributed by atoms with van der Waals surface area (Å²) in [5.74, 6) is 0.702. The minimum atomic E-state index is -0.463. The number of aliphatic hydroxyl groups is 1. The van der Waals surface area contributed by atoms with Crippen LogP contribution in [0.15, 0.2) is 12.4 Å². The maximum Gasteiger partial charge on any atom is 0.0944 e. The van der Waals surface area contributed by atoms with Crippen molar-refractivity contribution in [3.05, 3.63) is 18.0 Å².